The minimum absolute atomic E-state index is 0. The Morgan fingerprint density at radius 1 is 1.67 bits per heavy atom. The molecule has 37 valence electrons. The maximum atomic E-state index is 7.80. The first kappa shape index (κ1) is 15.6. The van der Waals surface area contributed by atoms with Crippen molar-refractivity contribution in [3.05, 3.63) is 6.16 Å². The van der Waals surface area contributed by atoms with Crippen LogP contribution in [0, 0.1) is 6.16 Å². The van der Waals surface area contributed by atoms with Crippen molar-refractivity contribution < 1.29 is 44.7 Å². The average molecular weight is 224 g/mol. The van der Waals surface area contributed by atoms with Crippen LogP contribution < -0.4 is 0 Å². The zero-order chi connectivity index (χ0) is 3.41. The summed E-state index contributed by atoms with van der Waals surface area (Å²) in [6.45, 7) is 0.157. The van der Waals surface area contributed by atoms with Gasteiger partial charge < -0.3 is 5.11 Å². The van der Waals surface area contributed by atoms with Crippen LogP contribution in [0.5, 0.6) is 0 Å². The predicted molar refractivity (Wildman–Crippen MR) is 21.1 cm³/mol. The number of aliphatic hydroxyl groups is 1. The Morgan fingerprint density at radius 2 is 1.83 bits per heavy atom. The summed E-state index contributed by atoms with van der Waals surface area (Å²) in [5.74, 6) is 0. The average Bonchev–Trinajstić information content (AvgIpc) is 1.37. The van der Waals surface area contributed by atoms with Crippen LogP contribution in [-0.4, -0.2) is 11.7 Å². The fourth-order valence-corrected chi connectivity index (χ4v) is 0. The number of hydrogen-bond acceptors (Lipinski definition) is 1. The summed E-state index contributed by atoms with van der Waals surface area (Å²) in [5, 5.41) is 7.80. The van der Waals surface area contributed by atoms with E-state index in [9.17, 15) is 0 Å². The summed E-state index contributed by atoms with van der Waals surface area (Å²) < 4.78 is 0. The molecule has 0 amide bonds. The van der Waals surface area contributed by atoms with Gasteiger partial charge in [0.25, 0.3) is 0 Å². The number of aliphatic hydroxyl groups excluding tert-OH is 1. The number of hydrogen-bond donors (Lipinski definition) is 1. The molecule has 0 aliphatic carbocycles. The minimum Gasteiger partial charge on any atom is -0.428 e. The molecule has 0 saturated carbocycles. The van der Waals surface area contributed by atoms with Gasteiger partial charge in [0.1, 0.15) is 0 Å². The fourth-order valence-electron chi connectivity index (χ4n) is 0. The molecule has 1 atom stereocenters. The van der Waals surface area contributed by atoms with Crippen molar-refractivity contribution in [1.29, 1.82) is 0 Å². The summed E-state index contributed by atoms with van der Waals surface area (Å²) in [7, 11) is 2.28. The topological polar surface area (TPSA) is 20.2 Å². The molecule has 0 aromatic carbocycles. The van der Waals surface area contributed by atoms with E-state index in [2.05, 4.69) is 9.24 Å². The van der Waals surface area contributed by atoms with Crippen molar-refractivity contribution >= 4 is 9.24 Å². The van der Waals surface area contributed by atoms with Gasteiger partial charge in [0, 0.05) is 39.6 Å². The van der Waals surface area contributed by atoms with Gasteiger partial charge in [0.05, 0.1) is 0 Å². The van der Waals surface area contributed by atoms with Crippen LogP contribution in [0.4, 0.5) is 0 Å². The van der Waals surface area contributed by atoms with Crippen LogP contribution in [-0.2, 0) is 39.6 Å². The zero-order valence-electron chi connectivity index (χ0n) is 3.16. The summed E-state index contributed by atoms with van der Waals surface area (Å²) in [5.41, 5.74) is 0. The summed E-state index contributed by atoms with van der Waals surface area (Å²) in [4.78, 5) is 0. The Labute approximate surface area is 66.6 Å². The van der Waals surface area contributed by atoms with Crippen molar-refractivity contribution in [2.24, 2.45) is 0 Å². The summed E-state index contributed by atoms with van der Waals surface area (Å²) >= 11 is 0. The van der Waals surface area contributed by atoms with Gasteiger partial charge in [0.15, 0.2) is 0 Å². The van der Waals surface area contributed by atoms with E-state index in [-0.39, 0.29) is 46.2 Å². The van der Waals surface area contributed by atoms with Gasteiger partial charge in [-0.05, 0) is 0 Å². The molecule has 0 fully saturated rings. The zero-order valence-corrected chi connectivity index (χ0v) is 7.72. The van der Waals surface area contributed by atoms with Crippen molar-refractivity contribution in [2.75, 3.05) is 6.61 Å². The van der Waals surface area contributed by atoms with Crippen LogP contribution in [0.3, 0.4) is 0 Å². The molecular weight excluding hydrogens is 218 g/mol. The molecule has 1 radical (unpaired) electrons. The normalized spacial score (nSPS) is 5.00. The predicted octanol–water partition coefficient (Wildman–Crippen LogP) is 0.0106. The first-order valence-electron chi connectivity index (χ1n) is 1.06. The van der Waals surface area contributed by atoms with E-state index < -0.39 is 0 Å². The monoisotopic (exact) mass is 226 g/mol. The SMILES string of the molecule is OC[CH-]P.[Mo].[V]. The second-order valence-corrected chi connectivity index (χ2v) is 0.890. The van der Waals surface area contributed by atoms with Gasteiger partial charge >= 0.3 is 0 Å². The van der Waals surface area contributed by atoms with Crippen molar-refractivity contribution in [3.63, 3.8) is 0 Å². The van der Waals surface area contributed by atoms with E-state index in [1.54, 1.807) is 6.16 Å². The van der Waals surface area contributed by atoms with Gasteiger partial charge in [0.2, 0.25) is 0 Å². The van der Waals surface area contributed by atoms with Crippen LogP contribution in [0.2, 0.25) is 0 Å². The smallest absolute Gasteiger partial charge is 0 e. The standard InChI is InChI=1S/C2H6OP.Mo.V/c3-1-2-4;;/h2-3H,1,4H2;;/q-1;;. The van der Waals surface area contributed by atoms with E-state index in [0.717, 1.165) is 0 Å². The molecule has 4 heteroatoms. The minimum atomic E-state index is 0. The van der Waals surface area contributed by atoms with Crippen molar-refractivity contribution in [1.82, 2.24) is 0 Å². The molecule has 0 bridgehead atoms. The van der Waals surface area contributed by atoms with Crippen LogP contribution >= 0.6 is 9.24 Å². The maximum absolute atomic E-state index is 7.80. The first-order chi connectivity index (χ1) is 1.91. The Balaban J connectivity index is -0.0000000450. The molecule has 6 heavy (non-hydrogen) atoms. The van der Waals surface area contributed by atoms with Gasteiger partial charge in [-0.3, -0.25) is 15.4 Å². The quantitative estimate of drug-likeness (QED) is 0.378. The second kappa shape index (κ2) is 15.9. The Morgan fingerprint density at radius 3 is 1.83 bits per heavy atom. The molecular formula is C2H6MoOPV-. The summed E-state index contributed by atoms with van der Waals surface area (Å²) in [6, 6.07) is 0. The van der Waals surface area contributed by atoms with Crippen LogP contribution in [0.25, 0.3) is 0 Å². The fraction of sp³-hybridized carbons (Fsp3) is 0.500. The Bertz CT molecular complexity index is 15.5. The van der Waals surface area contributed by atoms with E-state index in [1.165, 1.54) is 0 Å². The Kier molecular flexibility index (Phi) is 41.5. The molecule has 1 nitrogen and oxygen atoms in total. The third-order valence-electron chi connectivity index (χ3n) is 0.105. The molecule has 1 N–H and O–H groups in total. The van der Waals surface area contributed by atoms with E-state index in [0.29, 0.717) is 0 Å². The van der Waals surface area contributed by atoms with Crippen LogP contribution in [0.1, 0.15) is 0 Å². The molecule has 0 spiro atoms. The third kappa shape index (κ3) is 17.4. The molecule has 0 aliphatic heterocycles. The van der Waals surface area contributed by atoms with E-state index in [4.69, 9.17) is 5.11 Å². The molecule has 1 unspecified atom stereocenters. The molecule has 0 aromatic rings. The molecule has 0 heterocycles. The number of rotatable bonds is 1. The third-order valence-corrected chi connectivity index (χ3v) is 0.316. The molecule has 0 rings (SSSR count). The van der Waals surface area contributed by atoms with Crippen molar-refractivity contribution in [2.45, 2.75) is 0 Å². The van der Waals surface area contributed by atoms with Gasteiger partial charge in [-0.25, -0.2) is 0 Å². The Hall–Kier alpha value is 1.66. The van der Waals surface area contributed by atoms with Crippen LogP contribution in [0.15, 0.2) is 0 Å². The van der Waals surface area contributed by atoms with E-state index >= 15 is 0 Å². The summed E-state index contributed by atoms with van der Waals surface area (Å²) in [6.07, 6.45) is 1.60. The van der Waals surface area contributed by atoms with Gasteiger partial charge in [-0.15, -0.1) is 0 Å². The molecule has 0 aromatic heterocycles. The maximum Gasteiger partial charge on any atom is 0 e. The molecule has 0 aliphatic rings. The van der Waals surface area contributed by atoms with Gasteiger partial charge in [-0.2, -0.15) is 0 Å². The van der Waals surface area contributed by atoms with Crippen molar-refractivity contribution in [3.8, 4) is 0 Å². The second-order valence-electron chi connectivity index (χ2n) is 0.418. The largest absolute Gasteiger partial charge is 0.428 e. The van der Waals surface area contributed by atoms with E-state index in [1.807, 2.05) is 0 Å². The van der Waals surface area contributed by atoms with Gasteiger partial charge in [-0.1, -0.05) is 6.61 Å². The molecule has 0 saturated heterocycles. The first-order valence-corrected chi connectivity index (χ1v) is 1.72.